The van der Waals surface area contributed by atoms with E-state index in [0.29, 0.717) is 16.8 Å². The number of rotatable bonds is 6. The second-order valence-electron chi connectivity index (χ2n) is 8.12. The van der Waals surface area contributed by atoms with E-state index < -0.39 is 21.7 Å². The molecule has 1 heterocycles. The Labute approximate surface area is 197 Å². The number of amides is 2. The molecule has 4 rings (SSSR count). The van der Waals surface area contributed by atoms with Gasteiger partial charge in [0.2, 0.25) is 0 Å². The molecule has 0 radical (unpaired) electrons. The summed E-state index contributed by atoms with van der Waals surface area (Å²) in [6.45, 7) is 3.22. The van der Waals surface area contributed by atoms with Gasteiger partial charge in [0, 0.05) is 35.6 Å². The molecule has 176 valence electrons. The van der Waals surface area contributed by atoms with Gasteiger partial charge in [-0.05, 0) is 86.0 Å². The van der Waals surface area contributed by atoms with Crippen LogP contribution in [-0.4, -0.2) is 38.2 Å². The fraction of sp³-hybridized carbons (Fsp3) is 0.200. The van der Waals surface area contributed by atoms with Crippen LogP contribution in [0.25, 0.3) is 0 Å². The second kappa shape index (κ2) is 9.64. The summed E-state index contributed by atoms with van der Waals surface area (Å²) in [5.41, 5.74) is 2.03. The van der Waals surface area contributed by atoms with Gasteiger partial charge < -0.3 is 10.2 Å². The number of halogens is 1. The van der Waals surface area contributed by atoms with E-state index in [-0.39, 0.29) is 22.1 Å². The van der Waals surface area contributed by atoms with Gasteiger partial charge in [0.25, 0.3) is 21.8 Å². The number of hydrogen-bond acceptors (Lipinski definition) is 4. The highest BCUT2D eigenvalue weighted by Crippen LogP contribution is 2.21. The van der Waals surface area contributed by atoms with Gasteiger partial charge in [-0.25, -0.2) is 12.8 Å². The van der Waals surface area contributed by atoms with E-state index in [0.717, 1.165) is 38.1 Å². The van der Waals surface area contributed by atoms with Crippen LogP contribution in [0.1, 0.15) is 39.1 Å². The maximum atomic E-state index is 13.1. The van der Waals surface area contributed by atoms with Crippen molar-refractivity contribution in [2.75, 3.05) is 23.1 Å². The highest BCUT2D eigenvalue weighted by Gasteiger charge is 2.20. The molecule has 0 atom stereocenters. The number of nitrogens with zero attached hydrogens (tertiary/aromatic N) is 1. The molecular formula is C25H24FN3O4S. The molecule has 0 saturated carbocycles. The van der Waals surface area contributed by atoms with Crippen LogP contribution < -0.4 is 10.0 Å². The maximum Gasteiger partial charge on any atom is 0.261 e. The monoisotopic (exact) mass is 481 g/mol. The van der Waals surface area contributed by atoms with Crippen LogP contribution in [0.4, 0.5) is 15.8 Å². The van der Waals surface area contributed by atoms with Gasteiger partial charge in [-0.15, -0.1) is 0 Å². The zero-order chi connectivity index (χ0) is 24.3. The first-order valence-corrected chi connectivity index (χ1v) is 12.3. The van der Waals surface area contributed by atoms with Crippen LogP contribution in [-0.2, 0) is 10.0 Å². The molecule has 1 aliphatic heterocycles. The highest BCUT2D eigenvalue weighted by atomic mass is 32.2. The van der Waals surface area contributed by atoms with E-state index >= 15 is 0 Å². The summed E-state index contributed by atoms with van der Waals surface area (Å²) in [5.74, 6) is -0.988. The molecule has 1 fully saturated rings. The fourth-order valence-corrected chi connectivity index (χ4v) is 4.83. The molecule has 2 amide bonds. The van der Waals surface area contributed by atoms with Gasteiger partial charge in [0.15, 0.2) is 0 Å². The van der Waals surface area contributed by atoms with Crippen molar-refractivity contribution in [3.05, 3.63) is 89.2 Å². The minimum Gasteiger partial charge on any atom is -0.339 e. The van der Waals surface area contributed by atoms with Crippen molar-refractivity contribution in [1.29, 1.82) is 0 Å². The quantitative estimate of drug-likeness (QED) is 0.545. The summed E-state index contributed by atoms with van der Waals surface area (Å²) in [7, 11) is -3.99. The van der Waals surface area contributed by atoms with Crippen molar-refractivity contribution >= 4 is 33.2 Å². The number of hydrogen-bond donors (Lipinski definition) is 2. The molecule has 0 aromatic heterocycles. The number of aryl methyl sites for hydroxylation is 1. The van der Waals surface area contributed by atoms with Crippen molar-refractivity contribution in [2.24, 2.45) is 0 Å². The van der Waals surface area contributed by atoms with Crippen LogP contribution >= 0.6 is 0 Å². The zero-order valence-corrected chi connectivity index (χ0v) is 19.4. The number of carbonyl (C=O) groups excluding carboxylic acids is 2. The standard InChI is InChI=1S/C25H24FN3O4S/c1-17-4-13-22(34(32,33)28-21-11-7-19(26)8-12-21)16-23(17)24(30)27-20-9-5-18(6-10-20)25(31)29-14-2-3-15-29/h4-13,16,28H,2-3,14-15H2,1H3,(H,27,30). The lowest BCUT2D eigenvalue weighted by molar-refractivity contribution is 0.0792. The van der Waals surface area contributed by atoms with Crippen molar-refractivity contribution in [3.8, 4) is 0 Å². The maximum absolute atomic E-state index is 13.1. The van der Waals surface area contributed by atoms with Crippen LogP contribution in [0.5, 0.6) is 0 Å². The van der Waals surface area contributed by atoms with Crippen LogP contribution in [0.2, 0.25) is 0 Å². The summed E-state index contributed by atoms with van der Waals surface area (Å²) in [5, 5.41) is 2.75. The summed E-state index contributed by atoms with van der Waals surface area (Å²) in [6.07, 6.45) is 2.01. The first-order valence-electron chi connectivity index (χ1n) is 10.8. The van der Waals surface area contributed by atoms with Gasteiger partial charge in [-0.3, -0.25) is 14.3 Å². The molecule has 0 unspecified atom stereocenters. The Morgan fingerprint density at radius 3 is 2.15 bits per heavy atom. The fourth-order valence-electron chi connectivity index (χ4n) is 3.74. The molecule has 7 nitrogen and oxygen atoms in total. The number of anilines is 2. The predicted molar refractivity (Wildman–Crippen MR) is 128 cm³/mol. The van der Waals surface area contributed by atoms with E-state index in [4.69, 9.17) is 0 Å². The van der Waals surface area contributed by atoms with E-state index in [1.54, 1.807) is 37.3 Å². The first-order chi connectivity index (χ1) is 16.2. The molecule has 34 heavy (non-hydrogen) atoms. The smallest absolute Gasteiger partial charge is 0.261 e. The lowest BCUT2D eigenvalue weighted by atomic mass is 10.1. The van der Waals surface area contributed by atoms with Gasteiger partial charge in [0.05, 0.1) is 4.90 Å². The molecule has 0 bridgehead atoms. The van der Waals surface area contributed by atoms with E-state index in [1.807, 2.05) is 4.90 Å². The lowest BCUT2D eigenvalue weighted by Gasteiger charge is -2.15. The van der Waals surface area contributed by atoms with Gasteiger partial charge in [-0.1, -0.05) is 6.07 Å². The normalized spacial score (nSPS) is 13.5. The van der Waals surface area contributed by atoms with Crippen LogP contribution in [0, 0.1) is 12.7 Å². The molecule has 9 heteroatoms. The summed E-state index contributed by atoms with van der Waals surface area (Å²) < 4.78 is 41.0. The summed E-state index contributed by atoms with van der Waals surface area (Å²) in [6, 6.07) is 15.8. The number of likely N-dealkylation sites (tertiary alicyclic amines) is 1. The second-order valence-corrected chi connectivity index (χ2v) is 9.80. The molecular weight excluding hydrogens is 457 g/mol. The van der Waals surface area contributed by atoms with Crippen molar-refractivity contribution in [3.63, 3.8) is 0 Å². The third-order valence-electron chi connectivity index (χ3n) is 5.64. The molecule has 3 aromatic rings. The van der Waals surface area contributed by atoms with Crippen LogP contribution in [0.15, 0.2) is 71.6 Å². The Balaban J connectivity index is 1.49. The summed E-state index contributed by atoms with van der Waals surface area (Å²) >= 11 is 0. The predicted octanol–water partition coefficient (Wildman–Crippen LogP) is 4.42. The Bertz CT molecular complexity index is 1320. The molecule has 1 aliphatic rings. The summed E-state index contributed by atoms with van der Waals surface area (Å²) in [4.78, 5) is 27.1. The minimum absolute atomic E-state index is 0.0298. The molecule has 3 aromatic carbocycles. The first kappa shape index (κ1) is 23.4. The third kappa shape index (κ3) is 5.26. The number of nitrogens with one attached hydrogen (secondary N) is 2. The molecule has 0 aliphatic carbocycles. The highest BCUT2D eigenvalue weighted by molar-refractivity contribution is 7.92. The lowest BCUT2D eigenvalue weighted by Crippen LogP contribution is -2.27. The largest absolute Gasteiger partial charge is 0.339 e. The Kier molecular flexibility index (Phi) is 6.65. The number of sulfonamides is 1. The zero-order valence-electron chi connectivity index (χ0n) is 18.5. The van der Waals surface area contributed by atoms with Crippen LogP contribution in [0.3, 0.4) is 0 Å². The third-order valence-corrected chi connectivity index (χ3v) is 7.02. The number of benzene rings is 3. The van der Waals surface area contributed by atoms with Gasteiger partial charge >= 0.3 is 0 Å². The Hall–Kier alpha value is -3.72. The van der Waals surface area contributed by atoms with Crippen molar-refractivity contribution in [2.45, 2.75) is 24.7 Å². The molecule has 1 saturated heterocycles. The Morgan fingerprint density at radius 1 is 0.882 bits per heavy atom. The Morgan fingerprint density at radius 2 is 1.50 bits per heavy atom. The molecule has 2 N–H and O–H groups in total. The van der Waals surface area contributed by atoms with E-state index in [1.165, 1.54) is 24.3 Å². The van der Waals surface area contributed by atoms with E-state index in [9.17, 15) is 22.4 Å². The van der Waals surface area contributed by atoms with Gasteiger partial charge in [-0.2, -0.15) is 0 Å². The average Bonchev–Trinajstić information content (AvgIpc) is 3.35. The van der Waals surface area contributed by atoms with E-state index in [2.05, 4.69) is 10.0 Å². The van der Waals surface area contributed by atoms with Gasteiger partial charge in [0.1, 0.15) is 5.82 Å². The number of carbonyl (C=O) groups is 2. The molecule has 0 spiro atoms. The minimum atomic E-state index is -3.99. The SMILES string of the molecule is Cc1ccc(S(=O)(=O)Nc2ccc(F)cc2)cc1C(=O)Nc1ccc(C(=O)N2CCCC2)cc1. The topological polar surface area (TPSA) is 95.6 Å². The van der Waals surface area contributed by atoms with Crippen molar-refractivity contribution < 1.29 is 22.4 Å². The van der Waals surface area contributed by atoms with Crippen molar-refractivity contribution in [1.82, 2.24) is 4.90 Å². The average molecular weight is 482 g/mol.